The Morgan fingerprint density at radius 3 is 2.43 bits per heavy atom. The first-order valence-corrected chi connectivity index (χ1v) is 8.63. The summed E-state index contributed by atoms with van der Waals surface area (Å²) >= 11 is 3.38. The van der Waals surface area contributed by atoms with Crippen LogP contribution in [-0.2, 0) is 11.3 Å². The number of rotatable bonds is 6. The molecule has 1 aromatic heterocycles. The fourth-order valence-corrected chi connectivity index (χ4v) is 2.08. The number of hydrogen-bond acceptors (Lipinski definition) is 4. The highest BCUT2D eigenvalue weighted by Crippen LogP contribution is 2.17. The fourth-order valence-electron chi connectivity index (χ4n) is 1.84. The Balaban J connectivity index is 2.60. The van der Waals surface area contributed by atoms with Gasteiger partial charge in [0, 0.05) is 29.3 Å². The lowest BCUT2D eigenvalue weighted by Crippen LogP contribution is -2.55. The van der Waals surface area contributed by atoms with E-state index in [9.17, 15) is 4.79 Å². The molecule has 6 heteroatoms. The van der Waals surface area contributed by atoms with Gasteiger partial charge in [0.25, 0.3) is 0 Å². The van der Waals surface area contributed by atoms with Gasteiger partial charge in [-0.15, -0.1) is 0 Å². The molecule has 0 aliphatic carbocycles. The van der Waals surface area contributed by atoms with Crippen molar-refractivity contribution in [2.75, 3.05) is 6.54 Å². The molecule has 1 amide bonds. The minimum Gasteiger partial charge on any atom is -0.444 e. The summed E-state index contributed by atoms with van der Waals surface area (Å²) in [7, 11) is 0. The summed E-state index contributed by atoms with van der Waals surface area (Å²) in [5, 5.41) is 6.36. The average molecular weight is 386 g/mol. The maximum absolute atomic E-state index is 11.9. The van der Waals surface area contributed by atoms with Gasteiger partial charge in [0.1, 0.15) is 5.60 Å². The van der Waals surface area contributed by atoms with Crippen LogP contribution in [0.5, 0.6) is 0 Å². The molecule has 1 aromatic rings. The number of aromatic nitrogens is 1. The summed E-state index contributed by atoms with van der Waals surface area (Å²) in [6, 6.07) is 3.94. The van der Waals surface area contributed by atoms with Gasteiger partial charge in [0.15, 0.2) is 0 Å². The molecule has 1 atom stereocenters. The van der Waals surface area contributed by atoms with E-state index in [1.165, 1.54) is 0 Å². The standard InChI is InChI=1S/C17H28BrN3O2/c1-12(2)17(6,11-20-15(22)23-16(3,4)5)21-10-14-8-7-13(18)9-19-14/h7-9,12,21H,10-11H2,1-6H3,(H,20,22). The molecule has 1 rings (SSSR count). The monoisotopic (exact) mass is 385 g/mol. The highest BCUT2D eigenvalue weighted by Gasteiger charge is 2.29. The molecule has 1 heterocycles. The smallest absolute Gasteiger partial charge is 0.407 e. The van der Waals surface area contributed by atoms with Gasteiger partial charge >= 0.3 is 6.09 Å². The summed E-state index contributed by atoms with van der Waals surface area (Å²) in [6.07, 6.45) is 1.39. The molecule has 0 saturated heterocycles. The number of hydrogen-bond donors (Lipinski definition) is 2. The molecule has 1 unspecified atom stereocenters. The zero-order chi connectivity index (χ0) is 17.7. The van der Waals surface area contributed by atoms with Crippen molar-refractivity contribution in [2.45, 2.75) is 59.2 Å². The molecule has 130 valence electrons. The molecule has 0 radical (unpaired) electrons. The molecular weight excluding hydrogens is 358 g/mol. The van der Waals surface area contributed by atoms with Crippen LogP contribution in [0.25, 0.3) is 0 Å². The molecular formula is C17H28BrN3O2. The Bertz CT molecular complexity index is 512. The number of nitrogens with one attached hydrogen (secondary N) is 2. The normalized spacial score (nSPS) is 14.4. The largest absolute Gasteiger partial charge is 0.444 e. The lowest BCUT2D eigenvalue weighted by molar-refractivity contribution is 0.0503. The zero-order valence-corrected chi connectivity index (χ0v) is 16.5. The van der Waals surface area contributed by atoms with Crippen molar-refractivity contribution in [1.82, 2.24) is 15.6 Å². The van der Waals surface area contributed by atoms with Crippen LogP contribution in [0.3, 0.4) is 0 Å². The average Bonchev–Trinajstić information content (AvgIpc) is 2.42. The first-order valence-electron chi connectivity index (χ1n) is 7.84. The molecule has 2 N–H and O–H groups in total. The second kappa shape index (κ2) is 8.11. The zero-order valence-electron chi connectivity index (χ0n) is 14.9. The summed E-state index contributed by atoms with van der Waals surface area (Å²) in [4.78, 5) is 16.2. The molecule has 0 aliphatic rings. The quantitative estimate of drug-likeness (QED) is 0.779. The number of carbonyl (C=O) groups excluding carboxylic acids is 1. The first kappa shape index (κ1) is 19.9. The van der Waals surface area contributed by atoms with Crippen molar-refractivity contribution in [3.63, 3.8) is 0 Å². The Morgan fingerprint density at radius 2 is 1.96 bits per heavy atom. The number of pyridine rings is 1. The molecule has 0 spiro atoms. The van der Waals surface area contributed by atoms with Gasteiger partial charge in [-0.1, -0.05) is 13.8 Å². The van der Waals surface area contributed by atoms with Gasteiger partial charge in [-0.25, -0.2) is 4.79 Å². The summed E-state index contributed by atoms with van der Waals surface area (Å²) in [5.74, 6) is 0.327. The minimum absolute atomic E-state index is 0.258. The van der Waals surface area contributed by atoms with Gasteiger partial charge in [-0.3, -0.25) is 4.98 Å². The highest BCUT2D eigenvalue weighted by molar-refractivity contribution is 9.10. The second-order valence-electron chi connectivity index (χ2n) is 7.25. The Hall–Kier alpha value is -1.14. The molecule has 0 saturated carbocycles. The van der Waals surface area contributed by atoms with Gasteiger partial charge < -0.3 is 15.4 Å². The third kappa shape index (κ3) is 7.31. The predicted octanol–water partition coefficient (Wildman–Crippen LogP) is 3.87. The van der Waals surface area contributed by atoms with Crippen LogP contribution in [-0.4, -0.2) is 28.8 Å². The van der Waals surface area contributed by atoms with E-state index in [1.807, 2.05) is 32.9 Å². The summed E-state index contributed by atoms with van der Waals surface area (Å²) in [6.45, 7) is 13.0. The third-order valence-electron chi connectivity index (χ3n) is 3.74. The molecule has 23 heavy (non-hydrogen) atoms. The lowest BCUT2D eigenvalue weighted by Gasteiger charge is -2.35. The number of ether oxygens (including phenoxy) is 1. The Kier molecular flexibility index (Phi) is 7.02. The number of halogens is 1. The van der Waals surface area contributed by atoms with Crippen LogP contribution in [0.2, 0.25) is 0 Å². The number of carbonyl (C=O) groups is 1. The van der Waals surface area contributed by atoms with E-state index in [4.69, 9.17) is 4.74 Å². The first-order chi connectivity index (χ1) is 10.5. The third-order valence-corrected chi connectivity index (χ3v) is 4.20. The van der Waals surface area contributed by atoms with Crippen LogP contribution < -0.4 is 10.6 Å². The van der Waals surface area contributed by atoms with Gasteiger partial charge in [-0.2, -0.15) is 0 Å². The fraction of sp³-hybridized carbons (Fsp3) is 0.647. The second-order valence-corrected chi connectivity index (χ2v) is 8.16. The number of alkyl carbamates (subject to hydrolysis) is 1. The molecule has 0 aliphatic heterocycles. The van der Waals surface area contributed by atoms with Crippen molar-refractivity contribution < 1.29 is 9.53 Å². The van der Waals surface area contributed by atoms with Crippen LogP contribution in [0.1, 0.15) is 47.2 Å². The van der Waals surface area contributed by atoms with E-state index in [1.54, 1.807) is 6.20 Å². The van der Waals surface area contributed by atoms with E-state index in [0.29, 0.717) is 19.0 Å². The Morgan fingerprint density at radius 1 is 1.30 bits per heavy atom. The van der Waals surface area contributed by atoms with Crippen molar-refractivity contribution in [3.8, 4) is 0 Å². The van der Waals surface area contributed by atoms with Crippen LogP contribution in [0, 0.1) is 5.92 Å². The molecule has 0 fully saturated rings. The van der Waals surface area contributed by atoms with Crippen molar-refractivity contribution in [3.05, 3.63) is 28.5 Å². The van der Waals surface area contributed by atoms with E-state index in [-0.39, 0.29) is 5.54 Å². The van der Waals surface area contributed by atoms with Crippen LogP contribution in [0.4, 0.5) is 4.79 Å². The molecule has 5 nitrogen and oxygen atoms in total. The predicted molar refractivity (Wildman–Crippen MR) is 96.3 cm³/mol. The van der Waals surface area contributed by atoms with Gasteiger partial charge in [0.05, 0.1) is 5.69 Å². The molecule has 0 bridgehead atoms. The van der Waals surface area contributed by atoms with E-state index >= 15 is 0 Å². The summed E-state index contributed by atoms with van der Waals surface area (Å²) in [5.41, 5.74) is 0.205. The minimum atomic E-state index is -0.493. The van der Waals surface area contributed by atoms with Crippen LogP contribution in [0.15, 0.2) is 22.8 Å². The maximum atomic E-state index is 11.9. The van der Waals surface area contributed by atoms with Gasteiger partial charge in [0.2, 0.25) is 0 Å². The van der Waals surface area contributed by atoms with Crippen molar-refractivity contribution >= 4 is 22.0 Å². The Labute approximate surface area is 147 Å². The van der Waals surface area contributed by atoms with E-state index < -0.39 is 11.7 Å². The van der Waals surface area contributed by atoms with Gasteiger partial charge in [-0.05, 0) is 61.7 Å². The number of amides is 1. The van der Waals surface area contributed by atoms with Crippen LogP contribution >= 0.6 is 15.9 Å². The lowest BCUT2D eigenvalue weighted by atomic mass is 9.88. The van der Waals surface area contributed by atoms with Crippen molar-refractivity contribution in [1.29, 1.82) is 0 Å². The van der Waals surface area contributed by atoms with E-state index in [0.717, 1.165) is 10.2 Å². The summed E-state index contributed by atoms with van der Waals surface area (Å²) < 4.78 is 6.25. The maximum Gasteiger partial charge on any atom is 0.407 e. The SMILES string of the molecule is CC(C)C(C)(CNC(=O)OC(C)(C)C)NCc1ccc(Br)cn1. The topological polar surface area (TPSA) is 63.2 Å². The highest BCUT2D eigenvalue weighted by atomic mass is 79.9. The molecule has 0 aromatic carbocycles. The van der Waals surface area contributed by atoms with Crippen molar-refractivity contribution in [2.24, 2.45) is 5.92 Å². The van der Waals surface area contributed by atoms with E-state index in [2.05, 4.69) is 52.3 Å². The number of nitrogens with zero attached hydrogens (tertiary/aromatic N) is 1.